The van der Waals surface area contributed by atoms with E-state index in [9.17, 15) is 14.4 Å². The second-order valence-electron chi connectivity index (χ2n) is 14.3. The van der Waals surface area contributed by atoms with Crippen LogP contribution < -0.4 is 0 Å². The normalized spacial score (nSPS) is 26.7. The first-order valence-corrected chi connectivity index (χ1v) is 18.2. The minimum Gasteiger partial charge on any atom is -0.463 e. The molecule has 47 heavy (non-hydrogen) atoms. The highest BCUT2D eigenvalue weighted by Gasteiger charge is 2.40. The molecule has 7 atom stereocenters. The maximum atomic E-state index is 12.5. The topological polar surface area (TPSA) is 116 Å². The van der Waals surface area contributed by atoms with Crippen molar-refractivity contribution in [2.75, 3.05) is 20.3 Å². The van der Waals surface area contributed by atoms with E-state index in [0.29, 0.717) is 31.8 Å². The highest BCUT2D eigenvalue weighted by molar-refractivity contribution is 5.86. The summed E-state index contributed by atoms with van der Waals surface area (Å²) in [6, 6.07) is 0. The molecular weight excluding hydrogens is 604 g/mol. The van der Waals surface area contributed by atoms with E-state index in [4.69, 9.17) is 33.2 Å². The Morgan fingerprint density at radius 1 is 0.872 bits per heavy atom. The van der Waals surface area contributed by atoms with Gasteiger partial charge >= 0.3 is 17.9 Å². The molecule has 0 radical (unpaired) electrons. The maximum Gasteiger partial charge on any atom is 0.373 e. The molecule has 10 heteroatoms. The predicted octanol–water partition coefficient (Wildman–Crippen LogP) is 7.55. The molecule has 2 aliphatic heterocycles. The summed E-state index contributed by atoms with van der Waals surface area (Å²) in [4.78, 5) is 36.7. The lowest BCUT2D eigenvalue weighted by Crippen LogP contribution is -2.38. The second-order valence-corrected chi connectivity index (χ2v) is 14.3. The third-order valence-corrected chi connectivity index (χ3v) is 10.0. The molecule has 0 aromatic heterocycles. The molecule has 270 valence electrons. The monoisotopic (exact) mass is 666 g/mol. The molecule has 2 heterocycles. The number of rotatable bonds is 19. The summed E-state index contributed by atoms with van der Waals surface area (Å²) in [5.74, 6) is -0.737. The molecule has 0 bridgehead atoms. The molecule has 1 saturated carbocycles. The fraction of sp³-hybridized carbons (Fsp3) is 0.865. The van der Waals surface area contributed by atoms with Gasteiger partial charge in [0.1, 0.15) is 12.2 Å². The molecule has 3 fully saturated rings. The summed E-state index contributed by atoms with van der Waals surface area (Å²) in [5, 5.41) is 0. The van der Waals surface area contributed by atoms with Crippen LogP contribution >= 0.6 is 0 Å². The first kappa shape index (κ1) is 39.3. The molecule has 0 aromatic rings. The van der Waals surface area contributed by atoms with Crippen molar-refractivity contribution in [2.45, 2.75) is 168 Å². The largest absolute Gasteiger partial charge is 0.463 e. The van der Waals surface area contributed by atoms with Gasteiger partial charge in [-0.25, -0.2) is 4.79 Å². The van der Waals surface area contributed by atoms with E-state index in [-0.39, 0.29) is 48.0 Å². The standard InChI is InChI=1S/C37H62O10/c1-7-8-23-37(4,5)33(47-35-14-10-12-25-43-35)22-16-28-15-20-31(45-27(3)39)30(28)19-17-29(44-26(2)38)18-21-32(36(40)41-6)46-34-13-9-11-24-42-34/h21,28-31,33-35H,7-20,22-25H2,1-6H3/t28-,29?,30-,31+,33?,34?,35?/m1/s1. The van der Waals surface area contributed by atoms with Gasteiger partial charge in [0.15, 0.2) is 12.6 Å². The molecule has 3 rings (SSSR count). The summed E-state index contributed by atoms with van der Waals surface area (Å²) < 4.78 is 40.7. The van der Waals surface area contributed by atoms with Gasteiger partial charge in [-0.15, -0.1) is 0 Å². The lowest BCUT2D eigenvalue weighted by Gasteiger charge is -2.38. The van der Waals surface area contributed by atoms with Crippen LogP contribution in [0.1, 0.15) is 137 Å². The van der Waals surface area contributed by atoms with Gasteiger partial charge in [-0.2, -0.15) is 0 Å². The molecule has 10 nitrogen and oxygen atoms in total. The van der Waals surface area contributed by atoms with E-state index >= 15 is 0 Å². The smallest absolute Gasteiger partial charge is 0.373 e. The van der Waals surface area contributed by atoms with Crippen molar-refractivity contribution in [1.82, 2.24) is 0 Å². The number of unbranched alkanes of at least 4 members (excludes halogenated alkanes) is 1. The van der Waals surface area contributed by atoms with E-state index in [0.717, 1.165) is 83.7 Å². The van der Waals surface area contributed by atoms with Gasteiger partial charge in [0.2, 0.25) is 5.76 Å². The van der Waals surface area contributed by atoms with Crippen molar-refractivity contribution in [3.05, 3.63) is 11.8 Å². The Hall–Kier alpha value is -2.17. The van der Waals surface area contributed by atoms with Gasteiger partial charge in [0.25, 0.3) is 0 Å². The van der Waals surface area contributed by atoms with E-state index < -0.39 is 24.3 Å². The first-order valence-electron chi connectivity index (χ1n) is 18.2. The molecule has 1 aliphatic carbocycles. The summed E-state index contributed by atoms with van der Waals surface area (Å²) in [6.45, 7) is 11.0. The predicted molar refractivity (Wildman–Crippen MR) is 177 cm³/mol. The van der Waals surface area contributed by atoms with E-state index in [1.54, 1.807) is 6.08 Å². The first-order chi connectivity index (χ1) is 22.5. The van der Waals surface area contributed by atoms with Gasteiger partial charge in [-0.3, -0.25) is 9.59 Å². The fourth-order valence-corrected chi connectivity index (χ4v) is 7.36. The van der Waals surface area contributed by atoms with Crippen molar-refractivity contribution >= 4 is 17.9 Å². The Balaban J connectivity index is 1.71. The van der Waals surface area contributed by atoms with E-state index in [1.165, 1.54) is 21.0 Å². The van der Waals surface area contributed by atoms with Gasteiger partial charge in [-0.05, 0) is 100 Å². The van der Waals surface area contributed by atoms with Gasteiger partial charge in [0.05, 0.1) is 19.8 Å². The Kier molecular flexibility index (Phi) is 17.0. The van der Waals surface area contributed by atoms with Crippen molar-refractivity contribution < 1.29 is 47.5 Å². The Bertz CT molecular complexity index is 982. The average molecular weight is 667 g/mol. The number of methoxy groups -OCH3 is 1. The fourth-order valence-electron chi connectivity index (χ4n) is 7.36. The third kappa shape index (κ3) is 13.7. The van der Waals surface area contributed by atoms with Gasteiger partial charge < -0.3 is 33.2 Å². The van der Waals surface area contributed by atoms with E-state index in [1.807, 2.05) is 0 Å². The number of carbonyl (C=O) groups is 3. The Labute approximate surface area is 282 Å². The number of hydrogen-bond acceptors (Lipinski definition) is 10. The minimum absolute atomic E-state index is 0.00897. The van der Waals surface area contributed by atoms with Crippen LogP contribution in [-0.2, 0) is 47.5 Å². The SMILES string of the molecule is CCCCC(C)(C)C(CC[C@H]1CC[C@H](OC(C)=O)[C@@H]1CCC(CC=C(OC1CCCCO1)C(=O)OC)OC(C)=O)OC1CCCCO1. The summed E-state index contributed by atoms with van der Waals surface area (Å²) in [6.07, 6.45) is 14.7. The molecule has 4 unspecified atom stereocenters. The van der Waals surface area contributed by atoms with Crippen molar-refractivity contribution in [3.8, 4) is 0 Å². The molecule has 0 aromatic carbocycles. The van der Waals surface area contributed by atoms with Crippen LogP contribution in [0.25, 0.3) is 0 Å². The van der Waals surface area contributed by atoms with Gasteiger partial charge in [-0.1, -0.05) is 33.6 Å². The zero-order valence-corrected chi connectivity index (χ0v) is 29.9. The van der Waals surface area contributed by atoms with Crippen LogP contribution in [-0.4, -0.2) is 69.1 Å². The molecule has 3 aliphatic rings. The third-order valence-electron chi connectivity index (χ3n) is 10.0. The van der Waals surface area contributed by atoms with Crippen molar-refractivity contribution in [3.63, 3.8) is 0 Å². The molecule has 0 N–H and O–H groups in total. The average Bonchev–Trinajstić information content (AvgIpc) is 3.42. The van der Waals surface area contributed by atoms with Crippen LogP contribution in [0.5, 0.6) is 0 Å². The van der Waals surface area contributed by atoms with Crippen LogP contribution in [0.3, 0.4) is 0 Å². The number of ether oxygens (including phenoxy) is 7. The Morgan fingerprint density at radius 3 is 2.17 bits per heavy atom. The lowest BCUT2D eigenvalue weighted by molar-refractivity contribution is -0.212. The zero-order chi connectivity index (χ0) is 34.2. The molecule has 0 spiro atoms. The van der Waals surface area contributed by atoms with E-state index in [2.05, 4.69) is 20.8 Å². The molecule has 2 saturated heterocycles. The maximum absolute atomic E-state index is 12.5. The van der Waals surface area contributed by atoms with Crippen LogP contribution in [0.4, 0.5) is 0 Å². The van der Waals surface area contributed by atoms with Crippen LogP contribution in [0.15, 0.2) is 11.8 Å². The minimum atomic E-state index is -0.594. The van der Waals surface area contributed by atoms with Crippen LogP contribution in [0.2, 0.25) is 0 Å². The zero-order valence-electron chi connectivity index (χ0n) is 29.9. The van der Waals surface area contributed by atoms with Crippen molar-refractivity contribution in [1.29, 1.82) is 0 Å². The molecular formula is C37H62O10. The second kappa shape index (κ2) is 20.4. The van der Waals surface area contributed by atoms with Gasteiger partial charge in [0, 0.05) is 33.3 Å². The molecule has 0 amide bonds. The van der Waals surface area contributed by atoms with Crippen LogP contribution in [0, 0.1) is 17.3 Å². The lowest BCUT2D eigenvalue weighted by atomic mass is 9.77. The van der Waals surface area contributed by atoms with Crippen molar-refractivity contribution in [2.24, 2.45) is 17.3 Å². The number of esters is 3. The quantitative estimate of drug-likeness (QED) is 0.0592. The summed E-state index contributed by atoms with van der Waals surface area (Å²) >= 11 is 0. The number of hydrogen-bond donors (Lipinski definition) is 0. The summed E-state index contributed by atoms with van der Waals surface area (Å²) in [7, 11) is 1.31. The summed E-state index contributed by atoms with van der Waals surface area (Å²) in [5.41, 5.74) is 0.00897. The highest BCUT2D eigenvalue weighted by Crippen LogP contribution is 2.43. The highest BCUT2D eigenvalue weighted by atomic mass is 16.7. The number of carbonyl (C=O) groups excluding carboxylic acids is 3. The Morgan fingerprint density at radius 2 is 1.57 bits per heavy atom.